The van der Waals surface area contributed by atoms with Crippen LogP contribution in [0.25, 0.3) is 0 Å². The lowest BCUT2D eigenvalue weighted by molar-refractivity contribution is 0.219. The fraction of sp³-hybridized carbons (Fsp3) is 0.250. The fourth-order valence-electron chi connectivity index (χ4n) is 1.95. The summed E-state index contributed by atoms with van der Waals surface area (Å²) in [7, 11) is 1.55. The Morgan fingerprint density at radius 1 is 1.10 bits per heavy atom. The van der Waals surface area contributed by atoms with E-state index in [1.54, 1.807) is 25.3 Å². The first-order valence-electron chi connectivity index (χ1n) is 6.40. The molecule has 0 fully saturated rings. The highest BCUT2D eigenvalue weighted by molar-refractivity contribution is 6.32. The molecule has 0 saturated heterocycles. The molecule has 0 spiro atoms. The molecule has 106 valence electrons. The monoisotopic (exact) mass is 292 g/mol. The van der Waals surface area contributed by atoms with Gasteiger partial charge < -0.3 is 14.6 Å². The molecule has 20 heavy (non-hydrogen) atoms. The highest BCUT2D eigenvalue weighted by Gasteiger charge is 2.12. The number of rotatable bonds is 5. The van der Waals surface area contributed by atoms with Gasteiger partial charge in [-0.2, -0.15) is 0 Å². The van der Waals surface area contributed by atoms with Gasteiger partial charge in [0.2, 0.25) is 0 Å². The average molecular weight is 293 g/mol. The van der Waals surface area contributed by atoms with Crippen molar-refractivity contribution in [1.29, 1.82) is 0 Å². The lowest BCUT2D eigenvalue weighted by Crippen LogP contribution is -2.00. The van der Waals surface area contributed by atoms with Gasteiger partial charge in [0.15, 0.2) is 0 Å². The van der Waals surface area contributed by atoms with Crippen LogP contribution in [-0.4, -0.2) is 18.8 Å². The van der Waals surface area contributed by atoms with Crippen molar-refractivity contribution in [2.45, 2.75) is 13.0 Å². The van der Waals surface area contributed by atoms with Crippen molar-refractivity contribution in [3.05, 3.63) is 58.6 Å². The van der Waals surface area contributed by atoms with Gasteiger partial charge in [-0.05, 0) is 42.3 Å². The van der Waals surface area contributed by atoms with Gasteiger partial charge in [-0.1, -0.05) is 29.8 Å². The van der Waals surface area contributed by atoms with Crippen LogP contribution in [0.1, 0.15) is 24.2 Å². The van der Waals surface area contributed by atoms with Gasteiger partial charge in [-0.3, -0.25) is 0 Å². The van der Waals surface area contributed by atoms with Crippen molar-refractivity contribution in [1.82, 2.24) is 0 Å². The Morgan fingerprint density at radius 2 is 1.75 bits per heavy atom. The minimum atomic E-state index is -0.725. The van der Waals surface area contributed by atoms with E-state index >= 15 is 0 Å². The van der Waals surface area contributed by atoms with E-state index in [0.29, 0.717) is 17.4 Å². The first-order chi connectivity index (χ1) is 9.65. The third-order valence-corrected chi connectivity index (χ3v) is 3.31. The molecular weight excluding hydrogens is 276 g/mol. The summed E-state index contributed by atoms with van der Waals surface area (Å²) < 4.78 is 10.5. The van der Waals surface area contributed by atoms with E-state index < -0.39 is 6.10 Å². The Hall–Kier alpha value is -1.71. The van der Waals surface area contributed by atoms with Crippen LogP contribution in [0.3, 0.4) is 0 Å². The molecule has 1 atom stereocenters. The Labute approximate surface area is 123 Å². The van der Waals surface area contributed by atoms with E-state index in [1.165, 1.54) is 0 Å². The molecule has 0 saturated carbocycles. The number of hydrogen-bond acceptors (Lipinski definition) is 3. The van der Waals surface area contributed by atoms with Crippen LogP contribution in [-0.2, 0) is 0 Å². The van der Waals surface area contributed by atoms with E-state index in [-0.39, 0.29) is 0 Å². The standard InChI is InChI=1S/C16H17ClO3/c1-3-20-13-7-4-11(5-8-13)16(18)12-6-9-14(17)15(10-12)19-2/h4-10,16,18H,3H2,1-2H3. The summed E-state index contributed by atoms with van der Waals surface area (Å²) in [6.07, 6.45) is -0.725. The van der Waals surface area contributed by atoms with Crippen molar-refractivity contribution >= 4 is 11.6 Å². The summed E-state index contributed by atoms with van der Waals surface area (Å²) >= 11 is 5.98. The maximum Gasteiger partial charge on any atom is 0.137 e. The molecule has 0 aliphatic carbocycles. The molecule has 3 nitrogen and oxygen atoms in total. The van der Waals surface area contributed by atoms with Crippen molar-refractivity contribution in [3.8, 4) is 11.5 Å². The molecule has 0 amide bonds. The number of benzene rings is 2. The van der Waals surface area contributed by atoms with Gasteiger partial charge in [0.05, 0.1) is 18.7 Å². The summed E-state index contributed by atoms with van der Waals surface area (Å²) in [5.41, 5.74) is 1.52. The first kappa shape index (κ1) is 14.7. The van der Waals surface area contributed by atoms with Crippen molar-refractivity contribution in [2.75, 3.05) is 13.7 Å². The van der Waals surface area contributed by atoms with Crippen LogP contribution >= 0.6 is 11.6 Å². The van der Waals surface area contributed by atoms with Gasteiger partial charge in [0.25, 0.3) is 0 Å². The van der Waals surface area contributed by atoms with Gasteiger partial charge >= 0.3 is 0 Å². The number of hydrogen-bond donors (Lipinski definition) is 1. The predicted octanol–water partition coefficient (Wildman–Crippen LogP) is 3.83. The van der Waals surface area contributed by atoms with E-state index in [2.05, 4.69) is 0 Å². The molecule has 0 aliphatic rings. The topological polar surface area (TPSA) is 38.7 Å². The zero-order valence-corrected chi connectivity index (χ0v) is 12.2. The average Bonchev–Trinajstić information content (AvgIpc) is 2.48. The molecule has 1 N–H and O–H groups in total. The normalized spacial score (nSPS) is 12.0. The molecule has 2 aromatic rings. The molecule has 0 heterocycles. The third-order valence-electron chi connectivity index (χ3n) is 3.00. The molecular formula is C16H17ClO3. The zero-order chi connectivity index (χ0) is 14.5. The van der Waals surface area contributed by atoms with Crippen LogP contribution in [0, 0.1) is 0 Å². The summed E-state index contributed by atoms with van der Waals surface area (Å²) in [4.78, 5) is 0. The Balaban J connectivity index is 2.24. The molecule has 2 aromatic carbocycles. The molecule has 0 bridgehead atoms. The lowest BCUT2D eigenvalue weighted by atomic mass is 10.0. The maximum atomic E-state index is 10.4. The molecule has 4 heteroatoms. The van der Waals surface area contributed by atoms with Crippen LogP contribution in [0.4, 0.5) is 0 Å². The summed E-state index contributed by atoms with van der Waals surface area (Å²) in [6, 6.07) is 12.6. The lowest BCUT2D eigenvalue weighted by Gasteiger charge is -2.14. The van der Waals surface area contributed by atoms with Gasteiger partial charge in [-0.25, -0.2) is 0 Å². The number of halogens is 1. The van der Waals surface area contributed by atoms with Crippen LogP contribution in [0.2, 0.25) is 5.02 Å². The minimum Gasteiger partial charge on any atom is -0.495 e. The number of methoxy groups -OCH3 is 1. The Bertz CT molecular complexity index is 566. The summed E-state index contributed by atoms with van der Waals surface area (Å²) in [6.45, 7) is 2.55. The van der Waals surface area contributed by atoms with E-state index in [1.807, 2.05) is 31.2 Å². The highest BCUT2D eigenvalue weighted by atomic mass is 35.5. The van der Waals surface area contributed by atoms with Gasteiger partial charge in [0, 0.05) is 0 Å². The first-order valence-corrected chi connectivity index (χ1v) is 6.77. The smallest absolute Gasteiger partial charge is 0.137 e. The molecule has 0 aliphatic heterocycles. The SMILES string of the molecule is CCOc1ccc(C(O)c2ccc(Cl)c(OC)c2)cc1. The maximum absolute atomic E-state index is 10.4. The van der Waals surface area contributed by atoms with Gasteiger partial charge in [0.1, 0.15) is 17.6 Å². The van der Waals surface area contributed by atoms with Crippen LogP contribution < -0.4 is 9.47 Å². The minimum absolute atomic E-state index is 0.523. The number of aliphatic hydroxyl groups excluding tert-OH is 1. The Kier molecular flexibility index (Phi) is 4.88. The fourth-order valence-corrected chi connectivity index (χ4v) is 2.15. The second-order valence-corrected chi connectivity index (χ2v) is 4.71. The number of ether oxygens (including phenoxy) is 2. The predicted molar refractivity (Wildman–Crippen MR) is 79.7 cm³/mol. The summed E-state index contributed by atoms with van der Waals surface area (Å²) in [5, 5.41) is 10.9. The second kappa shape index (κ2) is 6.64. The van der Waals surface area contributed by atoms with Crippen LogP contribution in [0.5, 0.6) is 11.5 Å². The van der Waals surface area contributed by atoms with Crippen molar-refractivity contribution in [2.24, 2.45) is 0 Å². The molecule has 0 radical (unpaired) electrons. The second-order valence-electron chi connectivity index (χ2n) is 4.30. The van der Waals surface area contributed by atoms with E-state index in [9.17, 15) is 5.11 Å². The summed E-state index contributed by atoms with van der Waals surface area (Å²) in [5.74, 6) is 1.34. The molecule has 1 unspecified atom stereocenters. The largest absolute Gasteiger partial charge is 0.495 e. The Morgan fingerprint density at radius 3 is 2.35 bits per heavy atom. The van der Waals surface area contributed by atoms with Gasteiger partial charge in [-0.15, -0.1) is 0 Å². The van der Waals surface area contributed by atoms with E-state index in [0.717, 1.165) is 16.9 Å². The quantitative estimate of drug-likeness (QED) is 0.910. The molecule has 0 aromatic heterocycles. The van der Waals surface area contributed by atoms with Crippen molar-refractivity contribution in [3.63, 3.8) is 0 Å². The zero-order valence-electron chi connectivity index (χ0n) is 11.5. The molecule has 2 rings (SSSR count). The number of aliphatic hydroxyl groups is 1. The van der Waals surface area contributed by atoms with Crippen LogP contribution in [0.15, 0.2) is 42.5 Å². The van der Waals surface area contributed by atoms with E-state index in [4.69, 9.17) is 21.1 Å². The van der Waals surface area contributed by atoms with Crippen molar-refractivity contribution < 1.29 is 14.6 Å². The highest BCUT2D eigenvalue weighted by Crippen LogP contribution is 2.30. The third kappa shape index (κ3) is 3.24.